The van der Waals surface area contributed by atoms with Gasteiger partial charge < -0.3 is 5.32 Å². The molecule has 110 valence electrons. The molecule has 0 saturated carbocycles. The normalized spacial score (nSPS) is 23.9. The lowest BCUT2D eigenvalue weighted by Gasteiger charge is -2.34. The molecule has 1 aromatic carbocycles. The number of hydrogen-bond acceptors (Lipinski definition) is 2. The number of halogens is 1. The third-order valence-electron chi connectivity index (χ3n) is 3.96. The van der Waals surface area contributed by atoms with Crippen molar-refractivity contribution in [3.05, 3.63) is 35.6 Å². The Bertz CT molecular complexity index is 509. The van der Waals surface area contributed by atoms with Crippen molar-refractivity contribution >= 4 is 5.91 Å². The summed E-state index contributed by atoms with van der Waals surface area (Å²) in [6.45, 7) is 10.2. The summed E-state index contributed by atoms with van der Waals surface area (Å²) in [5.41, 5.74) is -0.101. The Morgan fingerprint density at radius 3 is 2.55 bits per heavy atom. The van der Waals surface area contributed by atoms with Gasteiger partial charge in [-0.05, 0) is 46.2 Å². The molecule has 0 aromatic heterocycles. The first-order chi connectivity index (χ1) is 9.21. The van der Waals surface area contributed by atoms with Crippen LogP contribution in [0.4, 0.5) is 4.39 Å². The minimum atomic E-state index is -0.473. The summed E-state index contributed by atoms with van der Waals surface area (Å²) in [5.74, 6) is -0.805. The minimum absolute atomic E-state index is 0.0838. The van der Waals surface area contributed by atoms with E-state index in [0.717, 1.165) is 19.5 Å². The molecule has 0 radical (unpaired) electrons. The van der Waals surface area contributed by atoms with E-state index in [4.69, 9.17) is 0 Å². The van der Waals surface area contributed by atoms with E-state index in [-0.39, 0.29) is 22.5 Å². The fraction of sp³-hybridized carbons (Fsp3) is 0.562. The lowest BCUT2D eigenvalue weighted by molar-refractivity contribution is 0.0891. The molecule has 1 heterocycles. The third-order valence-corrected chi connectivity index (χ3v) is 3.96. The number of likely N-dealkylation sites (tertiary alicyclic amines) is 1. The highest BCUT2D eigenvalue weighted by molar-refractivity contribution is 5.94. The van der Waals surface area contributed by atoms with E-state index in [0.29, 0.717) is 0 Å². The highest BCUT2D eigenvalue weighted by Crippen LogP contribution is 2.27. The van der Waals surface area contributed by atoms with Crippen LogP contribution in [0.1, 0.15) is 44.5 Å². The van der Waals surface area contributed by atoms with Gasteiger partial charge in [0.05, 0.1) is 11.1 Å². The molecule has 3 nitrogen and oxygen atoms in total. The molecule has 1 aliphatic heterocycles. The molecule has 0 aliphatic carbocycles. The molecule has 4 heteroatoms. The largest absolute Gasteiger partial charge is 0.345 e. The maximum Gasteiger partial charge on any atom is 0.254 e. The zero-order chi connectivity index (χ0) is 15.0. The molecular formula is C16H23FN2O. The molecular weight excluding hydrogens is 255 g/mol. The molecule has 20 heavy (non-hydrogen) atoms. The van der Waals surface area contributed by atoms with E-state index in [1.165, 1.54) is 12.1 Å². The highest BCUT2D eigenvalue weighted by atomic mass is 19.1. The van der Waals surface area contributed by atoms with E-state index in [1.54, 1.807) is 12.1 Å². The molecule has 1 N–H and O–H groups in total. The molecule has 1 aliphatic rings. The van der Waals surface area contributed by atoms with Crippen molar-refractivity contribution in [1.29, 1.82) is 0 Å². The van der Waals surface area contributed by atoms with Crippen LogP contribution in [-0.4, -0.2) is 35.0 Å². The lowest BCUT2D eigenvalue weighted by atomic mass is 10.00. The number of nitrogens with one attached hydrogen (secondary N) is 1. The van der Waals surface area contributed by atoms with Gasteiger partial charge in [-0.3, -0.25) is 9.69 Å². The van der Waals surface area contributed by atoms with E-state index in [1.807, 2.05) is 6.92 Å². The Balaban J connectivity index is 2.07. The van der Waals surface area contributed by atoms with Crippen molar-refractivity contribution < 1.29 is 9.18 Å². The van der Waals surface area contributed by atoms with Gasteiger partial charge in [-0.25, -0.2) is 4.39 Å². The zero-order valence-electron chi connectivity index (χ0n) is 12.7. The van der Waals surface area contributed by atoms with Gasteiger partial charge in [0, 0.05) is 18.6 Å². The molecule has 1 amide bonds. The summed E-state index contributed by atoms with van der Waals surface area (Å²) in [7, 11) is 0. The average Bonchev–Trinajstić information content (AvgIpc) is 2.71. The van der Waals surface area contributed by atoms with E-state index < -0.39 is 5.82 Å². The highest BCUT2D eigenvalue weighted by Gasteiger charge is 2.39. The fourth-order valence-corrected chi connectivity index (χ4v) is 2.62. The quantitative estimate of drug-likeness (QED) is 0.902. The van der Waals surface area contributed by atoms with E-state index in [2.05, 4.69) is 31.0 Å². The van der Waals surface area contributed by atoms with Gasteiger partial charge in [-0.2, -0.15) is 0 Å². The number of nitrogens with zero attached hydrogens (tertiary/aromatic N) is 1. The Labute approximate surface area is 120 Å². The SMILES string of the molecule is CC1(NC(=O)c2ccccc2F)CCN(C(C)(C)C)C1. The van der Waals surface area contributed by atoms with Crippen molar-refractivity contribution in [3.63, 3.8) is 0 Å². The van der Waals surface area contributed by atoms with Crippen molar-refractivity contribution in [2.24, 2.45) is 0 Å². The number of hydrogen-bond donors (Lipinski definition) is 1. The van der Waals surface area contributed by atoms with Gasteiger partial charge in [-0.15, -0.1) is 0 Å². The number of carbonyl (C=O) groups excluding carboxylic acids is 1. The molecule has 0 spiro atoms. The lowest BCUT2D eigenvalue weighted by Crippen LogP contribution is -2.50. The fourth-order valence-electron chi connectivity index (χ4n) is 2.62. The van der Waals surface area contributed by atoms with Crippen molar-refractivity contribution in [1.82, 2.24) is 10.2 Å². The van der Waals surface area contributed by atoms with Crippen LogP contribution in [0, 0.1) is 5.82 Å². The smallest absolute Gasteiger partial charge is 0.254 e. The topological polar surface area (TPSA) is 32.3 Å². The van der Waals surface area contributed by atoms with Crippen LogP contribution in [0.2, 0.25) is 0 Å². The van der Waals surface area contributed by atoms with Gasteiger partial charge in [0.15, 0.2) is 0 Å². The van der Waals surface area contributed by atoms with E-state index >= 15 is 0 Å². The van der Waals surface area contributed by atoms with E-state index in [9.17, 15) is 9.18 Å². The predicted octanol–water partition coefficient (Wildman–Crippen LogP) is 2.82. The van der Waals surface area contributed by atoms with Gasteiger partial charge in [0.2, 0.25) is 0 Å². The molecule has 1 aromatic rings. The van der Waals surface area contributed by atoms with Crippen LogP contribution >= 0.6 is 0 Å². The van der Waals surface area contributed by atoms with Crippen molar-refractivity contribution in [2.45, 2.75) is 45.2 Å². The van der Waals surface area contributed by atoms with Crippen LogP contribution in [-0.2, 0) is 0 Å². The Hall–Kier alpha value is -1.42. The third kappa shape index (κ3) is 3.18. The first-order valence-electron chi connectivity index (χ1n) is 7.03. The average molecular weight is 278 g/mol. The van der Waals surface area contributed by atoms with Crippen molar-refractivity contribution in [3.8, 4) is 0 Å². The van der Waals surface area contributed by atoms with Gasteiger partial charge in [-0.1, -0.05) is 12.1 Å². The maximum atomic E-state index is 13.6. The Kier molecular flexibility index (Phi) is 3.87. The molecule has 1 fully saturated rings. The summed E-state index contributed by atoms with van der Waals surface area (Å²) in [5, 5.41) is 2.99. The van der Waals surface area contributed by atoms with Crippen LogP contribution in [0.15, 0.2) is 24.3 Å². The number of amides is 1. The molecule has 1 saturated heterocycles. The minimum Gasteiger partial charge on any atom is -0.345 e. The zero-order valence-corrected chi connectivity index (χ0v) is 12.7. The number of carbonyl (C=O) groups is 1. The van der Waals surface area contributed by atoms with Crippen molar-refractivity contribution in [2.75, 3.05) is 13.1 Å². The van der Waals surface area contributed by atoms with Gasteiger partial charge in [0.25, 0.3) is 5.91 Å². The second-order valence-electron chi connectivity index (χ2n) is 6.84. The van der Waals surface area contributed by atoms with Gasteiger partial charge in [0.1, 0.15) is 5.82 Å². The summed E-state index contributed by atoms with van der Waals surface area (Å²) < 4.78 is 13.6. The van der Waals surface area contributed by atoms with Gasteiger partial charge >= 0.3 is 0 Å². The second kappa shape index (κ2) is 5.17. The second-order valence-corrected chi connectivity index (χ2v) is 6.84. The Morgan fingerprint density at radius 1 is 1.35 bits per heavy atom. The molecule has 1 atom stereocenters. The number of rotatable bonds is 2. The summed E-state index contributed by atoms with van der Waals surface area (Å²) in [4.78, 5) is 14.6. The monoisotopic (exact) mass is 278 g/mol. The predicted molar refractivity (Wildman–Crippen MR) is 78.2 cm³/mol. The molecule has 2 rings (SSSR count). The van der Waals surface area contributed by atoms with Crippen LogP contribution < -0.4 is 5.32 Å². The molecule has 0 bridgehead atoms. The number of benzene rings is 1. The summed E-state index contributed by atoms with van der Waals surface area (Å²) in [6, 6.07) is 6.10. The first kappa shape index (κ1) is 15.0. The summed E-state index contributed by atoms with van der Waals surface area (Å²) >= 11 is 0. The standard InChI is InChI=1S/C16H23FN2O/c1-15(2,3)19-10-9-16(4,11-19)18-14(20)12-7-5-6-8-13(12)17/h5-8H,9-11H2,1-4H3,(H,18,20). The first-order valence-corrected chi connectivity index (χ1v) is 7.03. The maximum absolute atomic E-state index is 13.6. The Morgan fingerprint density at radius 2 is 2.00 bits per heavy atom. The summed E-state index contributed by atoms with van der Waals surface area (Å²) in [6.07, 6.45) is 0.879. The van der Waals surface area contributed by atoms with Crippen LogP contribution in [0.25, 0.3) is 0 Å². The van der Waals surface area contributed by atoms with Crippen LogP contribution in [0.5, 0.6) is 0 Å². The van der Waals surface area contributed by atoms with Crippen LogP contribution in [0.3, 0.4) is 0 Å². The molecule has 1 unspecified atom stereocenters.